The van der Waals surface area contributed by atoms with E-state index >= 15 is 0 Å². The third-order valence-electron chi connectivity index (χ3n) is 2.41. The molecule has 2 aromatic rings. The first kappa shape index (κ1) is 14.4. The lowest BCUT2D eigenvalue weighted by Crippen LogP contribution is -2.22. The number of rotatable bonds is 2. The summed E-state index contributed by atoms with van der Waals surface area (Å²) in [5.41, 5.74) is -0.933. The van der Waals surface area contributed by atoms with Crippen molar-refractivity contribution in [3.63, 3.8) is 0 Å². The normalized spacial score (nSPS) is 10.8. The number of nitrogens with zero attached hydrogens (tertiary/aromatic N) is 2. The van der Waals surface area contributed by atoms with E-state index in [1.54, 1.807) is 0 Å². The molecule has 0 aliphatic rings. The van der Waals surface area contributed by atoms with E-state index in [1.165, 1.54) is 6.07 Å². The third kappa shape index (κ3) is 2.80. The SMILES string of the molecule is O=c1c(Cl)c(Cl)ncn1Cc1c(F)ccc(Br)c1F. The lowest BCUT2D eigenvalue weighted by atomic mass is 10.2. The van der Waals surface area contributed by atoms with Crippen molar-refractivity contribution in [2.45, 2.75) is 6.54 Å². The number of benzene rings is 1. The Morgan fingerprint density at radius 3 is 2.68 bits per heavy atom. The molecule has 0 atom stereocenters. The molecule has 0 saturated carbocycles. The molecule has 0 spiro atoms. The Kier molecular flexibility index (Phi) is 4.23. The van der Waals surface area contributed by atoms with E-state index < -0.39 is 17.2 Å². The zero-order valence-corrected chi connectivity index (χ0v) is 12.2. The van der Waals surface area contributed by atoms with Gasteiger partial charge in [-0.3, -0.25) is 9.36 Å². The van der Waals surface area contributed by atoms with Crippen LogP contribution in [0.15, 0.2) is 27.7 Å². The lowest BCUT2D eigenvalue weighted by molar-refractivity contribution is 0.536. The van der Waals surface area contributed by atoms with Gasteiger partial charge in [0.25, 0.3) is 5.56 Å². The zero-order valence-electron chi connectivity index (χ0n) is 9.13. The summed E-state index contributed by atoms with van der Waals surface area (Å²) in [6, 6.07) is 2.34. The average molecular weight is 370 g/mol. The average Bonchev–Trinajstić information content (AvgIpc) is 2.39. The molecule has 3 nitrogen and oxygen atoms in total. The maximum absolute atomic E-state index is 13.8. The van der Waals surface area contributed by atoms with E-state index in [1.807, 2.05) is 0 Å². The van der Waals surface area contributed by atoms with Crippen LogP contribution in [0.5, 0.6) is 0 Å². The fraction of sp³-hybridized carbons (Fsp3) is 0.0909. The molecule has 0 radical (unpaired) electrons. The number of halogens is 5. The summed E-state index contributed by atoms with van der Waals surface area (Å²) in [7, 11) is 0. The fourth-order valence-corrected chi connectivity index (χ4v) is 2.09. The molecular weight excluding hydrogens is 365 g/mol. The molecule has 2 rings (SSSR count). The maximum atomic E-state index is 13.8. The van der Waals surface area contributed by atoms with E-state index in [4.69, 9.17) is 23.2 Å². The van der Waals surface area contributed by atoms with E-state index in [2.05, 4.69) is 20.9 Å². The minimum atomic E-state index is -0.780. The van der Waals surface area contributed by atoms with Crippen LogP contribution in [0.2, 0.25) is 10.2 Å². The summed E-state index contributed by atoms with van der Waals surface area (Å²) in [4.78, 5) is 15.4. The van der Waals surface area contributed by atoms with Gasteiger partial charge in [-0.2, -0.15) is 0 Å². The van der Waals surface area contributed by atoms with Crippen molar-refractivity contribution in [2.24, 2.45) is 0 Å². The van der Waals surface area contributed by atoms with Gasteiger partial charge in [-0.05, 0) is 28.1 Å². The highest BCUT2D eigenvalue weighted by molar-refractivity contribution is 9.10. The van der Waals surface area contributed by atoms with Gasteiger partial charge in [-0.15, -0.1) is 0 Å². The van der Waals surface area contributed by atoms with Crippen molar-refractivity contribution in [1.82, 2.24) is 9.55 Å². The van der Waals surface area contributed by atoms with Gasteiger partial charge < -0.3 is 0 Å². The molecule has 0 fully saturated rings. The minimum absolute atomic E-state index is 0.102. The molecule has 0 bridgehead atoms. The number of hydrogen-bond donors (Lipinski definition) is 0. The topological polar surface area (TPSA) is 34.9 Å². The van der Waals surface area contributed by atoms with Gasteiger partial charge in [-0.1, -0.05) is 23.2 Å². The van der Waals surface area contributed by atoms with E-state index in [0.29, 0.717) is 0 Å². The highest BCUT2D eigenvalue weighted by Crippen LogP contribution is 2.22. The van der Waals surface area contributed by atoms with Crippen molar-refractivity contribution in [2.75, 3.05) is 0 Å². The van der Waals surface area contributed by atoms with Crippen molar-refractivity contribution in [1.29, 1.82) is 0 Å². The highest BCUT2D eigenvalue weighted by atomic mass is 79.9. The van der Waals surface area contributed by atoms with Gasteiger partial charge in [0.2, 0.25) is 0 Å². The molecular formula is C11H5BrCl2F2N2O. The van der Waals surface area contributed by atoms with Crippen LogP contribution in [0.25, 0.3) is 0 Å². The van der Waals surface area contributed by atoms with E-state index in [9.17, 15) is 13.6 Å². The Morgan fingerprint density at radius 1 is 1.32 bits per heavy atom. The van der Waals surface area contributed by atoms with Gasteiger partial charge in [0.1, 0.15) is 16.7 Å². The molecule has 1 aromatic carbocycles. The Bertz CT molecular complexity index is 706. The third-order valence-corrected chi connectivity index (χ3v) is 3.74. The van der Waals surface area contributed by atoms with Gasteiger partial charge >= 0.3 is 0 Å². The molecule has 0 unspecified atom stereocenters. The molecule has 1 aromatic heterocycles. The smallest absolute Gasteiger partial charge is 0.273 e. The number of hydrogen-bond acceptors (Lipinski definition) is 2. The first-order valence-electron chi connectivity index (χ1n) is 4.94. The molecule has 19 heavy (non-hydrogen) atoms. The second-order valence-corrected chi connectivity index (χ2v) is 5.19. The molecule has 0 amide bonds. The van der Waals surface area contributed by atoms with E-state index in [0.717, 1.165) is 17.0 Å². The summed E-state index contributed by atoms with van der Waals surface area (Å²) < 4.78 is 28.4. The van der Waals surface area contributed by atoms with Gasteiger partial charge in [-0.25, -0.2) is 13.8 Å². The predicted octanol–water partition coefficient (Wildman–Crippen LogP) is 3.64. The van der Waals surface area contributed by atoms with Crippen LogP contribution < -0.4 is 5.56 Å². The van der Waals surface area contributed by atoms with Crippen molar-refractivity contribution < 1.29 is 8.78 Å². The standard InChI is InChI=1S/C11H5BrCl2F2N2O/c12-6-1-2-7(15)5(9(6)16)3-18-4-17-10(14)8(13)11(18)19/h1-2,4H,3H2. The van der Waals surface area contributed by atoms with Crippen LogP contribution in [0.3, 0.4) is 0 Å². The molecule has 100 valence electrons. The van der Waals surface area contributed by atoms with Crippen LogP contribution in [0.4, 0.5) is 8.78 Å². The summed E-state index contributed by atoms with van der Waals surface area (Å²) in [6.45, 7) is -0.334. The van der Waals surface area contributed by atoms with Gasteiger partial charge in [0.15, 0.2) is 5.15 Å². The molecule has 0 saturated heterocycles. The lowest BCUT2D eigenvalue weighted by Gasteiger charge is -2.09. The van der Waals surface area contributed by atoms with Gasteiger partial charge in [0.05, 0.1) is 17.3 Å². The Balaban J connectivity index is 2.51. The summed E-state index contributed by atoms with van der Waals surface area (Å²) in [6.07, 6.45) is 1.08. The van der Waals surface area contributed by atoms with Crippen molar-refractivity contribution in [3.8, 4) is 0 Å². The molecule has 0 aliphatic heterocycles. The Hall–Kier alpha value is -0.980. The molecule has 1 heterocycles. The van der Waals surface area contributed by atoms with Gasteiger partial charge in [0, 0.05) is 5.56 Å². The summed E-state index contributed by atoms with van der Waals surface area (Å²) >= 11 is 14.1. The minimum Gasteiger partial charge on any atom is -0.293 e. The monoisotopic (exact) mass is 368 g/mol. The Morgan fingerprint density at radius 2 is 2.00 bits per heavy atom. The van der Waals surface area contributed by atoms with Crippen molar-refractivity contribution in [3.05, 3.63) is 60.7 Å². The summed E-state index contributed by atoms with van der Waals surface area (Å²) in [5, 5.41) is -0.446. The zero-order chi connectivity index (χ0) is 14.2. The predicted molar refractivity (Wildman–Crippen MR) is 71.7 cm³/mol. The first-order valence-corrected chi connectivity index (χ1v) is 6.49. The second kappa shape index (κ2) is 5.56. The molecule has 0 N–H and O–H groups in total. The number of aromatic nitrogens is 2. The highest BCUT2D eigenvalue weighted by Gasteiger charge is 2.15. The summed E-state index contributed by atoms with van der Waals surface area (Å²) in [5.74, 6) is -1.54. The second-order valence-electron chi connectivity index (χ2n) is 3.60. The van der Waals surface area contributed by atoms with Crippen molar-refractivity contribution >= 4 is 39.1 Å². The first-order chi connectivity index (χ1) is 8.91. The van der Waals surface area contributed by atoms with Crippen LogP contribution in [-0.2, 0) is 6.54 Å². The van der Waals surface area contributed by atoms with E-state index in [-0.39, 0.29) is 26.8 Å². The van der Waals surface area contributed by atoms with Crippen LogP contribution in [0, 0.1) is 11.6 Å². The van der Waals surface area contributed by atoms with Crippen LogP contribution in [0.1, 0.15) is 5.56 Å². The quantitative estimate of drug-likeness (QED) is 0.598. The van der Waals surface area contributed by atoms with Crippen LogP contribution >= 0.6 is 39.1 Å². The maximum Gasteiger partial charge on any atom is 0.273 e. The van der Waals surface area contributed by atoms with Crippen LogP contribution in [-0.4, -0.2) is 9.55 Å². The largest absolute Gasteiger partial charge is 0.293 e. The Labute approximate surface area is 124 Å². The molecule has 0 aliphatic carbocycles. The molecule has 8 heteroatoms. The fourth-order valence-electron chi connectivity index (χ4n) is 1.44.